The monoisotopic (exact) mass is 290 g/mol. The molecule has 0 atom stereocenters. The highest BCUT2D eigenvalue weighted by Crippen LogP contribution is 2.20. The van der Waals surface area contributed by atoms with Gasteiger partial charge in [-0.3, -0.25) is 4.79 Å². The van der Waals surface area contributed by atoms with Crippen LogP contribution in [-0.2, 0) is 0 Å². The molecule has 2 rings (SSSR count). The molecule has 0 bridgehead atoms. The van der Waals surface area contributed by atoms with Gasteiger partial charge < -0.3 is 15.8 Å². The number of nitrogens with zero attached hydrogens (tertiary/aromatic N) is 3. The van der Waals surface area contributed by atoms with Crippen LogP contribution in [-0.4, -0.2) is 29.0 Å². The van der Waals surface area contributed by atoms with Gasteiger partial charge in [-0.05, 0) is 19.1 Å². The fourth-order valence-corrected chi connectivity index (χ4v) is 2.49. The normalized spacial score (nSPS) is 11.4. The summed E-state index contributed by atoms with van der Waals surface area (Å²) in [5, 5.41) is 11.6. The topological polar surface area (TPSA) is 91.8 Å². The number of hydrogen-bond acceptors (Lipinski definition) is 5. The first-order valence-electron chi connectivity index (χ1n) is 5.80. The van der Waals surface area contributed by atoms with Gasteiger partial charge in [0.2, 0.25) is 0 Å². The van der Waals surface area contributed by atoms with E-state index in [-0.39, 0.29) is 11.7 Å². The molecule has 104 valence electrons. The zero-order chi connectivity index (χ0) is 14.7. The summed E-state index contributed by atoms with van der Waals surface area (Å²) in [4.78, 5) is 18.5. The lowest BCUT2D eigenvalue weighted by Crippen LogP contribution is -2.26. The van der Waals surface area contributed by atoms with Crippen molar-refractivity contribution in [3.05, 3.63) is 45.9 Å². The van der Waals surface area contributed by atoms with E-state index in [1.54, 1.807) is 43.7 Å². The summed E-state index contributed by atoms with van der Waals surface area (Å²) in [6.45, 7) is 1.80. The van der Waals surface area contributed by atoms with Crippen LogP contribution >= 0.6 is 11.3 Å². The zero-order valence-electron chi connectivity index (χ0n) is 11.1. The van der Waals surface area contributed by atoms with E-state index in [1.165, 1.54) is 16.2 Å². The molecule has 20 heavy (non-hydrogen) atoms. The van der Waals surface area contributed by atoms with Crippen molar-refractivity contribution in [1.82, 2.24) is 4.98 Å². The number of amides is 1. The number of thiazole rings is 1. The summed E-state index contributed by atoms with van der Waals surface area (Å²) >= 11 is 1.30. The summed E-state index contributed by atoms with van der Waals surface area (Å²) in [5.41, 5.74) is 9.10. The second-order valence-electron chi connectivity index (χ2n) is 4.17. The molecule has 0 aliphatic heterocycles. The number of aromatic nitrogens is 1. The van der Waals surface area contributed by atoms with E-state index < -0.39 is 0 Å². The van der Waals surface area contributed by atoms with E-state index in [0.717, 1.165) is 0 Å². The average Bonchev–Trinajstić information content (AvgIpc) is 2.91. The Morgan fingerprint density at radius 3 is 2.85 bits per heavy atom. The maximum Gasteiger partial charge on any atom is 0.269 e. The quantitative estimate of drug-likeness (QED) is 0.390. The minimum atomic E-state index is -0.137. The molecule has 0 fully saturated rings. The standard InChI is InChI=1S/C13H14N4O2S/c1-8-11(20-7-15-8)13(18)17(2)10-5-3-4-9(6-10)12(14)16-19/h3-7,19H,1-2H3,(H2,14,16). The Morgan fingerprint density at radius 1 is 1.50 bits per heavy atom. The first kappa shape index (κ1) is 14.0. The van der Waals surface area contributed by atoms with E-state index in [9.17, 15) is 4.79 Å². The molecule has 0 spiro atoms. The van der Waals surface area contributed by atoms with Crippen molar-refractivity contribution in [3.8, 4) is 0 Å². The number of nitrogens with two attached hydrogens (primary N) is 1. The largest absolute Gasteiger partial charge is 0.409 e. The fourth-order valence-electron chi connectivity index (χ4n) is 1.71. The van der Waals surface area contributed by atoms with Crippen LogP contribution in [0.25, 0.3) is 0 Å². The third-order valence-corrected chi connectivity index (χ3v) is 3.80. The van der Waals surface area contributed by atoms with Crippen LogP contribution in [0, 0.1) is 6.92 Å². The molecule has 7 heteroatoms. The number of oxime groups is 1. The van der Waals surface area contributed by atoms with Crippen LogP contribution in [0.15, 0.2) is 34.9 Å². The van der Waals surface area contributed by atoms with Crippen molar-refractivity contribution >= 4 is 28.8 Å². The van der Waals surface area contributed by atoms with Gasteiger partial charge in [-0.2, -0.15) is 0 Å². The first-order valence-corrected chi connectivity index (χ1v) is 6.68. The minimum absolute atomic E-state index is 0.00155. The van der Waals surface area contributed by atoms with Gasteiger partial charge in [0.05, 0.1) is 11.2 Å². The maximum absolute atomic E-state index is 12.4. The Hall–Kier alpha value is -2.41. The predicted octanol–water partition coefficient (Wildman–Crippen LogP) is 1.82. The van der Waals surface area contributed by atoms with Gasteiger partial charge in [0.25, 0.3) is 5.91 Å². The smallest absolute Gasteiger partial charge is 0.269 e. The van der Waals surface area contributed by atoms with Gasteiger partial charge in [0.15, 0.2) is 5.84 Å². The summed E-state index contributed by atoms with van der Waals surface area (Å²) in [6.07, 6.45) is 0. The van der Waals surface area contributed by atoms with Gasteiger partial charge in [-0.1, -0.05) is 17.3 Å². The van der Waals surface area contributed by atoms with E-state index in [4.69, 9.17) is 10.9 Å². The van der Waals surface area contributed by atoms with Crippen LogP contribution in [0.2, 0.25) is 0 Å². The average molecular weight is 290 g/mol. The minimum Gasteiger partial charge on any atom is -0.409 e. The maximum atomic E-state index is 12.4. The van der Waals surface area contributed by atoms with Gasteiger partial charge >= 0.3 is 0 Å². The first-order chi connectivity index (χ1) is 9.54. The van der Waals surface area contributed by atoms with Crippen molar-refractivity contribution in [2.45, 2.75) is 6.92 Å². The summed E-state index contributed by atoms with van der Waals surface area (Å²) < 4.78 is 0. The molecule has 0 aliphatic carbocycles. The summed E-state index contributed by atoms with van der Waals surface area (Å²) in [6, 6.07) is 6.91. The van der Waals surface area contributed by atoms with Crippen molar-refractivity contribution in [1.29, 1.82) is 0 Å². The number of rotatable bonds is 3. The van der Waals surface area contributed by atoms with Crippen LogP contribution in [0.3, 0.4) is 0 Å². The molecule has 0 radical (unpaired) electrons. The van der Waals surface area contributed by atoms with Crippen molar-refractivity contribution in [2.24, 2.45) is 10.9 Å². The van der Waals surface area contributed by atoms with Gasteiger partial charge in [-0.25, -0.2) is 4.98 Å². The lowest BCUT2D eigenvalue weighted by atomic mass is 10.1. The highest BCUT2D eigenvalue weighted by atomic mass is 32.1. The van der Waals surface area contributed by atoms with E-state index >= 15 is 0 Å². The number of carbonyl (C=O) groups is 1. The van der Waals surface area contributed by atoms with E-state index in [0.29, 0.717) is 21.8 Å². The number of carbonyl (C=O) groups excluding carboxylic acids is 1. The number of hydrogen-bond donors (Lipinski definition) is 2. The molecule has 2 aromatic rings. The third-order valence-electron chi connectivity index (χ3n) is 2.88. The van der Waals surface area contributed by atoms with Crippen LogP contribution in [0.5, 0.6) is 0 Å². The SMILES string of the molecule is Cc1ncsc1C(=O)N(C)c1cccc(C(N)=NO)c1. The van der Waals surface area contributed by atoms with Crippen molar-refractivity contribution < 1.29 is 10.0 Å². The molecular weight excluding hydrogens is 276 g/mol. The molecule has 1 amide bonds. The highest BCUT2D eigenvalue weighted by molar-refractivity contribution is 7.12. The second-order valence-corrected chi connectivity index (χ2v) is 5.02. The van der Waals surface area contributed by atoms with E-state index in [2.05, 4.69) is 10.1 Å². The summed E-state index contributed by atoms with van der Waals surface area (Å²) in [7, 11) is 1.67. The lowest BCUT2D eigenvalue weighted by molar-refractivity contribution is 0.0996. The molecule has 6 nitrogen and oxygen atoms in total. The molecule has 3 N–H and O–H groups in total. The highest BCUT2D eigenvalue weighted by Gasteiger charge is 2.18. The lowest BCUT2D eigenvalue weighted by Gasteiger charge is -2.17. The van der Waals surface area contributed by atoms with Gasteiger partial charge in [-0.15, -0.1) is 11.3 Å². The van der Waals surface area contributed by atoms with Gasteiger partial charge in [0, 0.05) is 18.3 Å². The third kappa shape index (κ3) is 2.62. The Kier molecular flexibility index (Phi) is 3.99. The molecule has 0 unspecified atom stereocenters. The van der Waals surface area contributed by atoms with Crippen LogP contribution < -0.4 is 10.6 Å². The molecule has 1 aromatic carbocycles. The Bertz CT molecular complexity index is 666. The number of anilines is 1. The second kappa shape index (κ2) is 5.70. The van der Waals surface area contributed by atoms with Gasteiger partial charge in [0.1, 0.15) is 4.88 Å². The predicted molar refractivity (Wildman–Crippen MR) is 78.5 cm³/mol. The van der Waals surface area contributed by atoms with Crippen molar-refractivity contribution in [3.63, 3.8) is 0 Å². The fraction of sp³-hybridized carbons (Fsp3) is 0.154. The molecule has 0 saturated carbocycles. The molecular formula is C13H14N4O2S. The molecule has 1 heterocycles. The number of amidine groups is 1. The molecule has 0 aliphatic rings. The number of aryl methyl sites for hydroxylation is 1. The van der Waals surface area contributed by atoms with Crippen molar-refractivity contribution in [2.75, 3.05) is 11.9 Å². The number of benzene rings is 1. The Balaban J connectivity index is 2.32. The van der Waals surface area contributed by atoms with E-state index in [1.807, 2.05) is 0 Å². The molecule has 1 aromatic heterocycles. The Morgan fingerprint density at radius 2 is 2.25 bits per heavy atom. The molecule has 0 saturated heterocycles. The van der Waals surface area contributed by atoms with Crippen LogP contribution in [0.1, 0.15) is 20.9 Å². The zero-order valence-corrected chi connectivity index (χ0v) is 11.9. The summed E-state index contributed by atoms with van der Waals surface area (Å²) in [5.74, 6) is -0.136. The van der Waals surface area contributed by atoms with Crippen LogP contribution in [0.4, 0.5) is 5.69 Å². The Labute approximate surface area is 120 Å².